The first-order chi connectivity index (χ1) is 16.6. The number of carbonyl (C=O) groups is 1. The molecule has 0 aliphatic carbocycles. The summed E-state index contributed by atoms with van der Waals surface area (Å²) in [4.78, 5) is 21.5. The molecule has 0 saturated heterocycles. The number of ether oxygens (including phenoxy) is 4. The Balaban J connectivity index is 1.56. The lowest BCUT2D eigenvalue weighted by Gasteiger charge is -2.12. The van der Waals surface area contributed by atoms with Crippen molar-refractivity contribution in [3.8, 4) is 40.1 Å². The second-order valence-electron chi connectivity index (χ2n) is 7.10. The summed E-state index contributed by atoms with van der Waals surface area (Å²) in [5.41, 5.74) is 2.34. The number of aromatic nitrogens is 2. The number of nitrogens with one attached hydrogen (secondary N) is 1. The zero-order valence-corrected chi connectivity index (χ0v) is 18.9. The third-order valence-corrected chi connectivity index (χ3v) is 5.00. The number of methoxy groups -OCH3 is 3. The van der Waals surface area contributed by atoms with Gasteiger partial charge in [0.15, 0.2) is 11.5 Å². The molecular formula is C26H23N3O5. The van der Waals surface area contributed by atoms with E-state index in [2.05, 4.69) is 15.3 Å². The fourth-order valence-corrected chi connectivity index (χ4v) is 3.28. The molecule has 3 aromatic carbocycles. The smallest absolute Gasteiger partial charge is 0.255 e. The van der Waals surface area contributed by atoms with Crippen LogP contribution in [0, 0.1) is 0 Å². The Morgan fingerprint density at radius 2 is 1.56 bits per heavy atom. The number of hydrogen-bond acceptors (Lipinski definition) is 7. The molecule has 172 valence electrons. The van der Waals surface area contributed by atoms with E-state index in [-0.39, 0.29) is 5.91 Å². The lowest BCUT2D eigenvalue weighted by Crippen LogP contribution is -2.12. The van der Waals surface area contributed by atoms with Gasteiger partial charge in [-0.3, -0.25) is 4.79 Å². The summed E-state index contributed by atoms with van der Waals surface area (Å²) in [5, 5.41) is 2.87. The zero-order chi connectivity index (χ0) is 23.9. The van der Waals surface area contributed by atoms with Crippen molar-refractivity contribution in [2.45, 2.75) is 0 Å². The van der Waals surface area contributed by atoms with Crippen LogP contribution in [0.15, 0.2) is 79.1 Å². The summed E-state index contributed by atoms with van der Waals surface area (Å²) in [6.07, 6.45) is 1.41. The van der Waals surface area contributed by atoms with Gasteiger partial charge >= 0.3 is 0 Å². The maximum atomic E-state index is 12.9. The minimum absolute atomic E-state index is 0.287. The Bertz CT molecular complexity index is 1310. The lowest BCUT2D eigenvalue weighted by atomic mass is 10.1. The largest absolute Gasteiger partial charge is 0.497 e. The van der Waals surface area contributed by atoms with E-state index in [0.29, 0.717) is 45.8 Å². The van der Waals surface area contributed by atoms with Crippen molar-refractivity contribution in [1.29, 1.82) is 0 Å². The lowest BCUT2D eigenvalue weighted by molar-refractivity contribution is 0.102. The minimum Gasteiger partial charge on any atom is -0.497 e. The maximum absolute atomic E-state index is 12.9. The Morgan fingerprint density at radius 3 is 2.32 bits per heavy atom. The van der Waals surface area contributed by atoms with E-state index in [1.54, 1.807) is 68.8 Å². The van der Waals surface area contributed by atoms with E-state index >= 15 is 0 Å². The van der Waals surface area contributed by atoms with Crippen LogP contribution in [0.25, 0.3) is 11.3 Å². The second kappa shape index (κ2) is 10.4. The number of anilines is 1. The monoisotopic (exact) mass is 457 g/mol. The number of amides is 1. The standard InChI is InChI=1S/C26H23N3O5/c1-31-19-11-12-20(24(14-19)33-3)29-26(30)18-8-6-7-17(13-18)21-15-25(28-16-27-21)34-23-10-5-4-9-22(23)32-2/h4-16H,1-3H3,(H,29,30). The van der Waals surface area contributed by atoms with Crippen LogP contribution in [-0.2, 0) is 0 Å². The molecule has 0 fully saturated rings. The number of benzene rings is 3. The number of nitrogens with zero attached hydrogens (tertiary/aromatic N) is 2. The Kier molecular flexibility index (Phi) is 6.88. The van der Waals surface area contributed by atoms with Crippen molar-refractivity contribution in [3.05, 3.63) is 84.7 Å². The van der Waals surface area contributed by atoms with Crippen molar-refractivity contribution >= 4 is 11.6 Å². The van der Waals surface area contributed by atoms with Gasteiger partial charge < -0.3 is 24.3 Å². The summed E-state index contributed by atoms with van der Waals surface area (Å²) in [6.45, 7) is 0. The van der Waals surface area contributed by atoms with Crippen molar-refractivity contribution in [3.63, 3.8) is 0 Å². The van der Waals surface area contributed by atoms with Crippen LogP contribution < -0.4 is 24.3 Å². The molecule has 0 unspecified atom stereocenters. The van der Waals surface area contributed by atoms with Gasteiger partial charge in [0.1, 0.15) is 17.8 Å². The van der Waals surface area contributed by atoms with Crippen LogP contribution in [0.5, 0.6) is 28.9 Å². The SMILES string of the molecule is COc1ccc(NC(=O)c2cccc(-c3cc(Oc4ccccc4OC)ncn3)c2)c(OC)c1. The molecule has 0 atom stereocenters. The van der Waals surface area contributed by atoms with Gasteiger partial charge in [0.25, 0.3) is 5.91 Å². The molecule has 0 bridgehead atoms. The molecule has 8 heteroatoms. The van der Waals surface area contributed by atoms with Crippen LogP contribution in [0.2, 0.25) is 0 Å². The number of para-hydroxylation sites is 2. The molecule has 1 aromatic heterocycles. The Labute approximate surface area is 197 Å². The van der Waals surface area contributed by atoms with Crippen LogP contribution >= 0.6 is 0 Å². The van der Waals surface area contributed by atoms with Crippen molar-refractivity contribution in [2.24, 2.45) is 0 Å². The minimum atomic E-state index is -0.287. The fourth-order valence-electron chi connectivity index (χ4n) is 3.28. The first-order valence-electron chi connectivity index (χ1n) is 10.4. The molecule has 0 spiro atoms. The van der Waals surface area contributed by atoms with Crippen molar-refractivity contribution < 1.29 is 23.7 Å². The molecule has 4 aromatic rings. The highest BCUT2D eigenvalue weighted by Crippen LogP contribution is 2.32. The van der Waals surface area contributed by atoms with Crippen LogP contribution in [0.1, 0.15) is 10.4 Å². The molecule has 0 radical (unpaired) electrons. The summed E-state index contributed by atoms with van der Waals surface area (Å²) in [7, 11) is 4.68. The summed E-state index contributed by atoms with van der Waals surface area (Å²) in [6, 6.07) is 21.3. The van der Waals surface area contributed by atoms with Gasteiger partial charge in [0.2, 0.25) is 5.88 Å². The highest BCUT2D eigenvalue weighted by molar-refractivity contribution is 6.05. The molecule has 0 aliphatic rings. The van der Waals surface area contributed by atoms with E-state index in [0.717, 1.165) is 5.56 Å². The van der Waals surface area contributed by atoms with Gasteiger partial charge in [-0.25, -0.2) is 9.97 Å². The average Bonchev–Trinajstić information content (AvgIpc) is 2.89. The fraction of sp³-hybridized carbons (Fsp3) is 0.115. The highest BCUT2D eigenvalue weighted by atomic mass is 16.5. The van der Waals surface area contributed by atoms with E-state index in [4.69, 9.17) is 18.9 Å². The van der Waals surface area contributed by atoms with E-state index < -0.39 is 0 Å². The van der Waals surface area contributed by atoms with Crippen molar-refractivity contribution in [1.82, 2.24) is 9.97 Å². The normalized spacial score (nSPS) is 10.3. The van der Waals surface area contributed by atoms with Gasteiger partial charge in [-0.2, -0.15) is 0 Å². The summed E-state index contributed by atoms with van der Waals surface area (Å²) >= 11 is 0. The molecule has 1 N–H and O–H groups in total. The van der Waals surface area contributed by atoms with Crippen LogP contribution in [-0.4, -0.2) is 37.2 Å². The Morgan fingerprint density at radius 1 is 0.765 bits per heavy atom. The first kappa shape index (κ1) is 22.6. The molecule has 8 nitrogen and oxygen atoms in total. The molecule has 34 heavy (non-hydrogen) atoms. The second-order valence-corrected chi connectivity index (χ2v) is 7.10. The Hall–Kier alpha value is -4.59. The molecule has 0 aliphatic heterocycles. The number of rotatable bonds is 8. The summed E-state index contributed by atoms with van der Waals surface area (Å²) in [5.74, 6) is 2.33. The maximum Gasteiger partial charge on any atom is 0.255 e. The van der Waals surface area contributed by atoms with Gasteiger partial charge in [0.05, 0.1) is 32.7 Å². The first-order valence-corrected chi connectivity index (χ1v) is 10.4. The van der Waals surface area contributed by atoms with E-state index in [1.165, 1.54) is 13.4 Å². The summed E-state index contributed by atoms with van der Waals surface area (Å²) < 4.78 is 21.8. The average molecular weight is 457 g/mol. The number of hydrogen-bond donors (Lipinski definition) is 1. The van der Waals surface area contributed by atoms with Gasteiger partial charge in [-0.15, -0.1) is 0 Å². The molecule has 1 amide bonds. The van der Waals surface area contributed by atoms with Gasteiger partial charge in [0, 0.05) is 23.3 Å². The van der Waals surface area contributed by atoms with Gasteiger partial charge in [-0.05, 0) is 36.4 Å². The molecule has 4 rings (SSSR count). The van der Waals surface area contributed by atoms with E-state index in [9.17, 15) is 4.79 Å². The van der Waals surface area contributed by atoms with Crippen LogP contribution in [0.4, 0.5) is 5.69 Å². The van der Waals surface area contributed by atoms with Crippen LogP contribution in [0.3, 0.4) is 0 Å². The topological polar surface area (TPSA) is 91.8 Å². The van der Waals surface area contributed by atoms with E-state index in [1.807, 2.05) is 18.2 Å². The van der Waals surface area contributed by atoms with Crippen molar-refractivity contribution in [2.75, 3.05) is 26.6 Å². The molecule has 0 saturated carbocycles. The third kappa shape index (κ3) is 5.07. The zero-order valence-electron chi connectivity index (χ0n) is 18.9. The predicted molar refractivity (Wildman–Crippen MR) is 128 cm³/mol. The number of carbonyl (C=O) groups excluding carboxylic acids is 1. The third-order valence-electron chi connectivity index (χ3n) is 5.00. The molecule has 1 heterocycles. The highest BCUT2D eigenvalue weighted by Gasteiger charge is 2.13. The molecular weight excluding hydrogens is 434 g/mol. The van der Waals surface area contributed by atoms with Gasteiger partial charge in [-0.1, -0.05) is 24.3 Å². The quantitative estimate of drug-likeness (QED) is 0.388. The predicted octanol–water partition coefficient (Wildman–Crippen LogP) is 5.21.